The topological polar surface area (TPSA) is 74.2 Å². The molecule has 0 radical (unpaired) electrons. The summed E-state index contributed by atoms with van der Waals surface area (Å²) in [7, 11) is 1.62. The molecule has 26 heavy (non-hydrogen) atoms. The van der Waals surface area contributed by atoms with E-state index >= 15 is 0 Å². The summed E-state index contributed by atoms with van der Waals surface area (Å²) in [5, 5.41) is 15.8. The lowest BCUT2D eigenvalue weighted by atomic mass is 9.82. The fourth-order valence-electron chi connectivity index (χ4n) is 3.35. The van der Waals surface area contributed by atoms with Crippen molar-refractivity contribution in [1.82, 2.24) is 5.32 Å². The Morgan fingerprint density at radius 1 is 1.27 bits per heavy atom. The van der Waals surface area contributed by atoms with Gasteiger partial charge in [0, 0.05) is 0 Å². The molecular formula is C21H31N3O2. The summed E-state index contributed by atoms with van der Waals surface area (Å²) in [4.78, 5) is 12.7. The summed E-state index contributed by atoms with van der Waals surface area (Å²) in [6.07, 6.45) is 4.55. The number of rotatable bonds is 5. The lowest BCUT2D eigenvalue weighted by Crippen LogP contribution is -2.52. The number of hydrogen-bond donors (Lipinski definition) is 2. The number of benzene rings is 1. The van der Waals surface area contributed by atoms with Crippen LogP contribution in [0, 0.1) is 11.3 Å². The molecule has 2 N–H and O–H groups in total. The second kappa shape index (κ2) is 7.99. The third-order valence-corrected chi connectivity index (χ3v) is 5.11. The number of amides is 1. The van der Waals surface area contributed by atoms with Gasteiger partial charge in [0.25, 0.3) is 0 Å². The molecule has 1 aromatic rings. The maximum Gasteiger partial charge on any atom is 0.243 e. The number of ether oxygens (including phenoxy) is 1. The molecule has 1 saturated carbocycles. The molecule has 1 atom stereocenters. The standard InChI is InChI=1S/C21H31N3O2/c1-15(19(25)24-21(14-22)11-7-6-8-12-21)23-17-13-16(20(2,3)4)9-10-18(17)26-5/h9-10,13,15,23H,6-8,11-12H2,1-5H3,(H,24,25)/t15-/m0/s1. The Morgan fingerprint density at radius 2 is 1.92 bits per heavy atom. The van der Waals surface area contributed by atoms with Gasteiger partial charge in [-0.1, -0.05) is 46.1 Å². The molecule has 0 heterocycles. The minimum atomic E-state index is -0.720. The third kappa shape index (κ3) is 4.69. The van der Waals surface area contributed by atoms with Crippen LogP contribution in [0.5, 0.6) is 5.75 Å². The highest BCUT2D eigenvalue weighted by molar-refractivity contribution is 5.85. The Balaban J connectivity index is 2.14. The molecule has 5 nitrogen and oxygen atoms in total. The first-order valence-corrected chi connectivity index (χ1v) is 9.39. The number of nitrogens with one attached hydrogen (secondary N) is 2. The molecule has 1 amide bonds. The van der Waals surface area contributed by atoms with E-state index in [-0.39, 0.29) is 11.3 Å². The van der Waals surface area contributed by atoms with Crippen LogP contribution < -0.4 is 15.4 Å². The molecule has 1 aliphatic rings. The van der Waals surface area contributed by atoms with Crippen LogP contribution in [-0.4, -0.2) is 24.6 Å². The summed E-state index contributed by atoms with van der Waals surface area (Å²) >= 11 is 0. The van der Waals surface area contributed by atoms with Crippen molar-refractivity contribution >= 4 is 11.6 Å². The van der Waals surface area contributed by atoms with Gasteiger partial charge >= 0.3 is 0 Å². The van der Waals surface area contributed by atoms with E-state index in [2.05, 4.69) is 37.5 Å². The van der Waals surface area contributed by atoms with Crippen molar-refractivity contribution in [3.8, 4) is 11.8 Å². The molecule has 0 saturated heterocycles. The summed E-state index contributed by atoms with van der Waals surface area (Å²) in [5.74, 6) is 0.543. The number of carbonyl (C=O) groups excluding carboxylic acids is 1. The van der Waals surface area contributed by atoms with E-state index in [1.807, 2.05) is 25.1 Å². The van der Waals surface area contributed by atoms with Gasteiger partial charge in [0.1, 0.15) is 17.3 Å². The molecule has 0 bridgehead atoms. The zero-order chi connectivity index (χ0) is 19.4. The second-order valence-electron chi connectivity index (χ2n) is 8.27. The molecule has 2 rings (SSSR count). The average Bonchev–Trinajstić information content (AvgIpc) is 2.61. The molecule has 1 aliphatic carbocycles. The average molecular weight is 357 g/mol. The first-order valence-electron chi connectivity index (χ1n) is 9.39. The van der Waals surface area contributed by atoms with Crippen molar-refractivity contribution < 1.29 is 9.53 Å². The van der Waals surface area contributed by atoms with Crippen molar-refractivity contribution in [2.24, 2.45) is 0 Å². The third-order valence-electron chi connectivity index (χ3n) is 5.11. The SMILES string of the molecule is COc1ccc(C(C)(C)C)cc1N[C@@H](C)C(=O)NC1(C#N)CCCCC1. The van der Waals surface area contributed by atoms with Crippen LogP contribution in [0.25, 0.3) is 0 Å². The van der Waals surface area contributed by atoms with Crippen LogP contribution in [0.4, 0.5) is 5.69 Å². The zero-order valence-electron chi connectivity index (χ0n) is 16.6. The maximum absolute atomic E-state index is 12.7. The van der Waals surface area contributed by atoms with E-state index < -0.39 is 11.6 Å². The first-order chi connectivity index (χ1) is 12.2. The van der Waals surface area contributed by atoms with Crippen molar-refractivity contribution in [2.45, 2.75) is 76.8 Å². The fourth-order valence-corrected chi connectivity index (χ4v) is 3.35. The number of nitriles is 1. The highest BCUT2D eigenvalue weighted by atomic mass is 16.5. The lowest BCUT2D eigenvalue weighted by Gasteiger charge is -2.33. The Bertz CT molecular complexity index is 679. The van der Waals surface area contributed by atoms with E-state index in [4.69, 9.17) is 4.74 Å². The normalized spacial score (nSPS) is 17.7. The van der Waals surface area contributed by atoms with Gasteiger partial charge in [-0.3, -0.25) is 4.79 Å². The molecular weight excluding hydrogens is 326 g/mol. The van der Waals surface area contributed by atoms with Gasteiger partial charge in [-0.05, 0) is 42.9 Å². The van der Waals surface area contributed by atoms with Gasteiger partial charge in [0.2, 0.25) is 5.91 Å². The van der Waals surface area contributed by atoms with Gasteiger partial charge in [0.05, 0.1) is 18.9 Å². The molecule has 142 valence electrons. The monoisotopic (exact) mass is 357 g/mol. The summed E-state index contributed by atoms with van der Waals surface area (Å²) in [6.45, 7) is 8.25. The molecule has 0 aliphatic heterocycles. The van der Waals surface area contributed by atoms with Gasteiger partial charge in [-0.25, -0.2) is 0 Å². The molecule has 0 aromatic heterocycles. The van der Waals surface area contributed by atoms with Crippen LogP contribution in [-0.2, 0) is 10.2 Å². The molecule has 1 fully saturated rings. The van der Waals surface area contributed by atoms with E-state index in [0.29, 0.717) is 5.75 Å². The number of carbonyl (C=O) groups is 1. The van der Waals surface area contributed by atoms with E-state index in [1.165, 1.54) is 0 Å². The molecule has 0 unspecified atom stereocenters. The largest absolute Gasteiger partial charge is 0.495 e. The van der Waals surface area contributed by atoms with Crippen LogP contribution in [0.1, 0.15) is 65.4 Å². The second-order valence-corrected chi connectivity index (χ2v) is 8.27. The number of methoxy groups -OCH3 is 1. The molecule has 0 spiro atoms. The minimum Gasteiger partial charge on any atom is -0.495 e. The van der Waals surface area contributed by atoms with E-state index in [9.17, 15) is 10.1 Å². The predicted octanol–water partition coefficient (Wildman–Crippen LogP) is 4.14. The highest BCUT2D eigenvalue weighted by Crippen LogP contribution is 2.32. The van der Waals surface area contributed by atoms with Crippen molar-refractivity contribution in [3.05, 3.63) is 23.8 Å². The smallest absolute Gasteiger partial charge is 0.243 e. The molecule has 1 aromatic carbocycles. The van der Waals surface area contributed by atoms with Crippen LogP contribution in [0.15, 0.2) is 18.2 Å². The van der Waals surface area contributed by atoms with Crippen molar-refractivity contribution in [2.75, 3.05) is 12.4 Å². The number of hydrogen-bond acceptors (Lipinski definition) is 4. The quantitative estimate of drug-likeness (QED) is 0.831. The van der Waals surface area contributed by atoms with E-state index in [0.717, 1.165) is 43.4 Å². The maximum atomic E-state index is 12.7. The number of nitrogens with zero attached hydrogens (tertiary/aromatic N) is 1. The Morgan fingerprint density at radius 3 is 2.46 bits per heavy atom. The van der Waals surface area contributed by atoms with Crippen molar-refractivity contribution in [1.29, 1.82) is 5.26 Å². The summed E-state index contributed by atoms with van der Waals surface area (Å²) < 4.78 is 5.44. The van der Waals surface area contributed by atoms with Gasteiger partial charge in [-0.2, -0.15) is 5.26 Å². The molecule has 5 heteroatoms. The van der Waals surface area contributed by atoms with Crippen LogP contribution in [0.2, 0.25) is 0 Å². The summed E-state index contributed by atoms with van der Waals surface area (Å²) in [5.41, 5.74) is 1.23. The predicted molar refractivity (Wildman–Crippen MR) is 104 cm³/mol. The van der Waals surface area contributed by atoms with Crippen LogP contribution >= 0.6 is 0 Å². The van der Waals surface area contributed by atoms with Crippen molar-refractivity contribution in [3.63, 3.8) is 0 Å². The number of anilines is 1. The van der Waals surface area contributed by atoms with E-state index in [1.54, 1.807) is 7.11 Å². The highest BCUT2D eigenvalue weighted by Gasteiger charge is 2.34. The fraction of sp³-hybridized carbons (Fsp3) is 0.619. The first kappa shape index (κ1) is 20.1. The minimum absolute atomic E-state index is 0.00115. The lowest BCUT2D eigenvalue weighted by molar-refractivity contribution is -0.123. The van der Waals surface area contributed by atoms with Gasteiger partial charge in [-0.15, -0.1) is 0 Å². The summed E-state index contributed by atoms with van der Waals surface area (Å²) in [6, 6.07) is 7.86. The van der Waals surface area contributed by atoms with Gasteiger partial charge < -0.3 is 15.4 Å². The Kier molecular flexibility index (Phi) is 6.17. The van der Waals surface area contributed by atoms with Gasteiger partial charge in [0.15, 0.2) is 0 Å². The Labute approximate surface area is 157 Å². The van der Waals surface area contributed by atoms with Crippen LogP contribution in [0.3, 0.4) is 0 Å². The Hall–Kier alpha value is -2.22. The zero-order valence-corrected chi connectivity index (χ0v) is 16.6.